The van der Waals surface area contributed by atoms with E-state index in [0.717, 1.165) is 11.4 Å². The van der Waals surface area contributed by atoms with Crippen molar-refractivity contribution in [2.24, 2.45) is 0 Å². The van der Waals surface area contributed by atoms with E-state index >= 15 is 0 Å². The second-order valence-corrected chi connectivity index (χ2v) is 8.27. The quantitative estimate of drug-likeness (QED) is 0.572. The van der Waals surface area contributed by atoms with E-state index in [2.05, 4.69) is 20.5 Å². The molecule has 0 atom stereocenters. The number of benzene rings is 1. The largest absolute Gasteiger partial charge is 0.349 e. The molecule has 0 aliphatic carbocycles. The fraction of sp³-hybridized carbons (Fsp3) is 0.348. The van der Waals surface area contributed by atoms with Gasteiger partial charge in [-0.15, -0.1) is 10.2 Å². The number of fused-ring (bicyclic) bond motifs is 1. The number of rotatable bonds is 7. The summed E-state index contributed by atoms with van der Waals surface area (Å²) in [5.74, 6) is 0.867. The molecule has 0 saturated heterocycles. The first-order valence-electron chi connectivity index (χ1n) is 10.8. The molecule has 10 heteroatoms. The number of aromatic nitrogens is 4. The molecule has 2 aromatic heterocycles. The van der Waals surface area contributed by atoms with Gasteiger partial charge in [0.25, 0.3) is 0 Å². The van der Waals surface area contributed by atoms with E-state index in [0.29, 0.717) is 50.3 Å². The van der Waals surface area contributed by atoms with Gasteiger partial charge in [0.05, 0.1) is 13.0 Å². The summed E-state index contributed by atoms with van der Waals surface area (Å²) in [4.78, 5) is 30.8. The number of halogens is 2. The summed E-state index contributed by atoms with van der Waals surface area (Å²) in [6.45, 7) is 1.81. The molecule has 1 aliphatic heterocycles. The first-order valence-corrected chi connectivity index (χ1v) is 11.2. The Kier molecular flexibility index (Phi) is 7.29. The molecule has 1 N–H and O–H groups in total. The standard InChI is InChI=1S/C23H24ClFN6O2/c24-19-13-18(25)5-4-17(19)12-23(33)30-9-7-20-28-29-21(31(20)11-10-30)15-27-22(32)6-3-16-2-1-8-26-14-16/h1-2,4-5,8,13-14H,3,6-7,9-12,15H2,(H,27,32). The average molecular weight is 471 g/mol. The molecular formula is C23H24ClFN6O2. The van der Waals surface area contributed by atoms with Crippen LogP contribution in [0.3, 0.4) is 0 Å². The average Bonchev–Trinajstić information content (AvgIpc) is 3.07. The van der Waals surface area contributed by atoms with E-state index < -0.39 is 5.82 Å². The third-order valence-electron chi connectivity index (χ3n) is 5.62. The lowest BCUT2D eigenvalue weighted by atomic mass is 10.1. The monoisotopic (exact) mass is 470 g/mol. The summed E-state index contributed by atoms with van der Waals surface area (Å²) in [7, 11) is 0. The van der Waals surface area contributed by atoms with Gasteiger partial charge in [0.15, 0.2) is 5.82 Å². The van der Waals surface area contributed by atoms with Gasteiger partial charge < -0.3 is 14.8 Å². The molecule has 0 radical (unpaired) electrons. The fourth-order valence-electron chi connectivity index (χ4n) is 3.77. The summed E-state index contributed by atoms with van der Waals surface area (Å²) in [6, 6.07) is 7.84. The zero-order chi connectivity index (χ0) is 23.2. The summed E-state index contributed by atoms with van der Waals surface area (Å²) < 4.78 is 15.2. The minimum absolute atomic E-state index is 0.0715. The molecule has 4 rings (SSSR count). The van der Waals surface area contributed by atoms with Crippen LogP contribution in [0.4, 0.5) is 4.39 Å². The molecule has 8 nitrogen and oxygen atoms in total. The second kappa shape index (κ2) is 10.5. The number of aryl methyl sites for hydroxylation is 1. The van der Waals surface area contributed by atoms with Crippen molar-refractivity contribution in [3.63, 3.8) is 0 Å². The van der Waals surface area contributed by atoms with Crippen LogP contribution in [0.25, 0.3) is 0 Å². The molecule has 1 aromatic carbocycles. The zero-order valence-electron chi connectivity index (χ0n) is 18.0. The minimum atomic E-state index is -0.430. The lowest BCUT2D eigenvalue weighted by Crippen LogP contribution is -2.35. The van der Waals surface area contributed by atoms with Crippen molar-refractivity contribution in [1.82, 2.24) is 30.0 Å². The van der Waals surface area contributed by atoms with E-state index in [1.54, 1.807) is 17.3 Å². The molecule has 0 saturated carbocycles. The summed E-state index contributed by atoms with van der Waals surface area (Å²) in [6.07, 6.45) is 5.11. The van der Waals surface area contributed by atoms with Gasteiger partial charge in [-0.05, 0) is 35.7 Å². The van der Waals surface area contributed by atoms with Gasteiger partial charge in [-0.1, -0.05) is 23.7 Å². The van der Waals surface area contributed by atoms with E-state index in [-0.39, 0.29) is 29.8 Å². The number of carbonyl (C=O) groups is 2. The van der Waals surface area contributed by atoms with Gasteiger partial charge in [-0.3, -0.25) is 14.6 Å². The maximum atomic E-state index is 13.3. The van der Waals surface area contributed by atoms with Gasteiger partial charge in [-0.2, -0.15) is 0 Å². The maximum Gasteiger partial charge on any atom is 0.227 e. The van der Waals surface area contributed by atoms with Crippen molar-refractivity contribution >= 4 is 23.4 Å². The predicted octanol–water partition coefficient (Wildman–Crippen LogP) is 2.34. The van der Waals surface area contributed by atoms with Crippen molar-refractivity contribution < 1.29 is 14.0 Å². The van der Waals surface area contributed by atoms with Crippen LogP contribution in [0.1, 0.15) is 29.2 Å². The van der Waals surface area contributed by atoms with Gasteiger partial charge in [-0.25, -0.2) is 4.39 Å². The smallest absolute Gasteiger partial charge is 0.227 e. The fourth-order valence-corrected chi connectivity index (χ4v) is 4.01. The van der Waals surface area contributed by atoms with Gasteiger partial charge in [0, 0.05) is 49.9 Å². The van der Waals surface area contributed by atoms with Crippen LogP contribution in [0.15, 0.2) is 42.7 Å². The highest BCUT2D eigenvalue weighted by atomic mass is 35.5. The maximum absolute atomic E-state index is 13.3. The van der Waals surface area contributed by atoms with Crippen LogP contribution in [0.2, 0.25) is 5.02 Å². The number of amides is 2. The van der Waals surface area contributed by atoms with Gasteiger partial charge in [0.1, 0.15) is 11.6 Å². The highest BCUT2D eigenvalue weighted by molar-refractivity contribution is 6.31. The van der Waals surface area contributed by atoms with Gasteiger partial charge >= 0.3 is 0 Å². The van der Waals surface area contributed by atoms with Crippen molar-refractivity contribution in [3.05, 3.63) is 76.3 Å². The number of nitrogens with zero attached hydrogens (tertiary/aromatic N) is 5. The first-order chi connectivity index (χ1) is 16.0. The Bertz CT molecular complexity index is 1140. The number of hydrogen-bond acceptors (Lipinski definition) is 5. The first kappa shape index (κ1) is 22.8. The molecule has 0 spiro atoms. The molecular weight excluding hydrogens is 447 g/mol. The molecule has 0 fully saturated rings. The zero-order valence-corrected chi connectivity index (χ0v) is 18.8. The molecule has 172 valence electrons. The van der Waals surface area contributed by atoms with E-state index in [1.807, 2.05) is 16.7 Å². The van der Waals surface area contributed by atoms with E-state index in [1.165, 1.54) is 18.2 Å². The number of hydrogen-bond donors (Lipinski definition) is 1. The third-order valence-corrected chi connectivity index (χ3v) is 5.97. The van der Waals surface area contributed by atoms with Crippen molar-refractivity contribution in [2.75, 3.05) is 13.1 Å². The highest BCUT2D eigenvalue weighted by Crippen LogP contribution is 2.19. The van der Waals surface area contributed by atoms with Crippen LogP contribution < -0.4 is 5.32 Å². The van der Waals surface area contributed by atoms with Crippen LogP contribution in [-0.4, -0.2) is 49.6 Å². The lowest BCUT2D eigenvalue weighted by molar-refractivity contribution is -0.130. The normalized spacial score (nSPS) is 13.3. The second-order valence-electron chi connectivity index (χ2n) is 7.87. The molecule has 0 unspecified atom stereocenters. The number of nitrogens with one attached hydrogen (secondary N) is 1. The van der Waals surface area contributed by atoms with Crippen LogP contribution in [0.5, 0.6) is 0 Å². The van der Waals surface area contributed by atoms with Crippen molar-refractivity contribution in [2.45, 2.75) is 38.8 Å². The Morgan fingerprint density at radius 2 is 2.03 bits per heavy atom. The Morgan fingerprint density at radius 1 is 1.15 bits per heavy atom. The molecule has 3 heterocycles. The van der Waals surface area contributed by atoms with Crippen molar-refractivity contribution in [1.29, 1.82) is 0 Å². The predicted molar refractivity (Wildman–Crippen MR) is 120 cm³/mol. The Labute approximate surface area is 195 Å². The van der Waals surface area contributed by atoms with Crippen molar-refractivity contribution in [3.8, 4) is 0 Å². The number of pyridine rings is 1. The Morgan fingerprint density at radius 3 is 2.82 bits per heavy atom. The third kappa shape index (κ3) is 5.92. The Hall–Kier alpha value is -3.33. The molecule has 1 aliphatic rings. The molecule has 0 bridgehead atoms. The van der Waals surface area contributed by atoms with Crippen LogP contribution >= 0.6 is 11.6 Å². The van der Waals surface area contributed by atoms with Crippen LogP contribution in [0, 0.1) is 5.82 Å². The van der Waals surface area contributed by atoms with E-state index in [4.69, 9.17) is 11.6 Å². The lowest BCUT2D eigenvalue weighted by Gasteiger charge is -2.20. The SMILES string of the molecule is O=C(CCc1cccnc1)NCc1nnc2n1CCN(C(=O)Cc1ccc(F)cc1Cl)CC2. The molecule has 2 amide bonds. The van der Waals surface area contributed by atoms with Crippen LogP contribution in [-0.2, 0) is 41.9 Å². The topological polar surface area (TPSA) is 93.0 Å². The van der Waals surface area contributed by atoms with E-state index in [9.17, 15) is 14.0 Å². The summed E-state index contributed by atoms with van der Waals surface area (Å²) in [5.41, 5.74) is 1.61. The highest BCUT2D eigenvalue weighted by Gasteiger charge is 2.22. The Balaban J connectivity index is 1.30. The number of carbonyl (C=O) groups excluding carboxylic acids is 2. The van der Waals surface area contributed by atoms with Gasteiger partial charge in [0.2, 0.25) is 11.8 Å². The summed E-state index contributed by atoms with van der Waals surface area (Å²) >= 11 is 6.07. The summed E-state index contributed by atoms with van der Waals surface area (Å²) in [5, 5.41) is 11.6. The molecule has 3 aromatic rings. The minimum Gasteiger partial charge on any atom is -0.349 e. The molecule has 33 heavy (non-hydrogen) atoms.